The van der Waals surface area contributed by atoms with Crippen LogP contribution in [0.5, 0.6) is 0 Å². The van der Waals surface area contributed by atoms with E-state index in [1.807, 2.05) is 32.9 Å². The van der Waals surface area contributed by atoms with Crippen molar-refractivity contribution < 1.29 is 9.59 Å². The zero-order valence-corrected chi connectivity index (χ0v) is 14.8. The van der Waals surface area contributed by atoms with E-state index in [1.165, 1.54) is 0 Å². The summed E-state index contributed by atoms with van der Waals surface area (Å²) in [6, 6.07) is 14.3. The van der Waals surface area contributed by atoms with Crippen molar-refractivity contribution in [3.8, 4) is 0 Å². The Morgan fingerprint density at radius 3 is 2.12 bits per heavy atom. The Hall–Kier alpha value is -2.33. The van der Waals surface area contributed by atoms with Crippen molar-refractivity contribution in [2.75, 3.05) is 10.6 Å². The first-order valence-corrected chi connectivity index (χ1v) is 8.08. The number of hydrogen-bond donors (Lipinski definition) is 2. The number of rotatable bonds is 4. The van der Waals surface area contributed by atoms with E-state index < -0.39 is 5.41 Å². The maximum Gasteiger partial charge on any atom is 0.229 e. The van der Waals surface area contributed by atoms with Gasteiger partial charge >= 0.3 is 0 Å². The molecule has 2 aromatic carbocycles. The molecular weight excluding hydrogens is 324 g/mol. The van der Waals surface area contributed by atoms with Gasteiger partial charge in [0.15, 0.2) is 0 Å². The van der Waals surface area contributed by atoms with Gasteiger partial charge in [-0.2, -0.15) is 0 Å². The van der Waals surface area contributed by atoms with E-state index in [9.17, 15) is 9.59 Å². The number of carbonyl (C=O) groups is 2. The molecule has 0 aliphatic heterocycles. The van der Waals surface area contributed by atoms with Gasteiger partial charge in [-0.3, -0.25) is 9.59 Å². The first-order valence-electron chi connectivity index (χ1n) is 7.70. The summed E-state index contributed by atoms with van der Waals surface area (Å²) in [6.07, 6.45) is 0.260. The maximum atomic E-state index is 12.1. The largest absolute Gasteiger partial charge is 0.326 e. The number of nitrogens with one attached hydrogen (secondary N) is 2. The van der Waals surface area contributed by atoms with E-state index in [1.54, 1.807) is 36.4 Å². The summed E-state index contributed by atoms with van der Waals surface area (Å²) in [5.74, 6) is -0.205. The molecule has 0 bridgehead atoms. The van der Waals surface area contributed by atoms with Gasteiger partial charge in [-0.05, 0) is 35.9 Å². The Morgan fingerprint density at radius 2 is 1.54 bits per heavy atom. The number of hydrogen-bond acceptors (Lipinski definition) is 2. The highest BCUT2D eigenvalue weighted by Gasteiger charge is 2.21. The van der Waals surface area contributed by atoms with Crippen LogP contribution in [0.3, 0.4) is 0 Å². The number of anilines is 2. The lowest BCUT2D eigenvalue weighted by atomic mass is 9.95. The molecule has 0 radical (unpaired) electrons. The Bertz CT molecular complexity index is 734. The molecule has 2 aromatic rings. The quantitative estimate of drug-likeness (QED) is 0.857. The fourth-order valence-electron chi connectivity index (χ4n) is 1.99. The minimum absolute atomic E-state index is 0.0767. The molecule has 2 rings (SSSR count). The third-order valence-corrected chi connectivity index (χ3v) is 3.62. The van der Waals surface area contributed by atoms with Gasteiger partial charge in [0.05, 0.1) is 6.42 Å². The molecule has 0 saturated carbocycles. The molecule has 0 fully saturated rings. The minimum Gasteiger partial charge on any atom is -0.326 e. The molecule has 2 N–H and O–H groups in total. The van der Waals surface area contributed by atoms with Gasteiger partial charge in [0.2, 0.25) is 11.8 Å². The highest BCUT2D eigenvalue weighted by atomic mass is 35.5. The molecule has 0 unspecified atom stereocenters. The zero-order chi connectivity index (χ0) is 17.7. The van der Waals surface area contributed by atoms with Gasteiger partial charge in [-0.15, -0.1) is 0 Å². The molecule has 0 spiro atoms. The average molecular weight is 345 g/mol. The van der Waals surface area contributed by atoms with Crippen LogP contribution in [-0.4, -0.2) is 11.8 Å². The second-order valence-corrected chi connectivity index (χ2v) is 7.07. The fraction of sp³-hybridized carbons (Fsp3) is 0.263. The first kappa shape index (κ1) is 18.0. The molecule has 24 heavy (non-hydrogen) atoms. The second-order valence-electron chi connectivity index (χ2n) is 6.64. The van der Waals surface area contributed by atoms with E-state index in [0.29, 0.717) is 16.4 Å². The molecule has 0 heterocycles. The van der Waals surface area contributed by atoms with Crippen molar-refractivity contribution in [2.45, 2.75) is 27.2 Å². The van der Waals surface area contributed by atoms with Crippen LogP contribution < -0.4 is 10.6 Å². The predicted octanol–water partition coefficient (Wildman–Crippen LogP) is 4.51. The Balaban J connectivity index is 1.99. The van der Waals surface area contributed by atoms with E-state index in [4.69, 9.17) is 11.6 Å². The first-order chi connectivity index (χ1) is 11.2. The molecule has 0 atom stereocenters. The Labute approximate surface area is 147 Å². The van der Waals surface area contributed by atoms with E-state index in [-0.39, 0.29) is 18.2 Å². The Kier molecular flexibility index (Phi) is 5.62. The lowest BCUT2D eigenvalue weighted by Gasteiger charge is -2.18. The summed E-state index contributed by atoms with van der Waals surface area (Å²) < 4.78 is 0. The smallest absolute Gasteiger partial charge is 0.229 e. The third kappa shape index (κ3) is 5.39. The topological polar surface area (TPSA) is 58.2 Å². The predicted molar refractivity (Wildman–Crippen MR) is 98.3 cm³/mol. The van der Waals surface area contributed by atoms with Gasteiger partial charge in [-0.1, -0.05) is 50.6 Å². The second kappa shape index (κ2) is 7.49. The number of halogens is 1. The van der Waals surface area contributed by atoms with Crippen LogP contribution in [0.1, 0.15) is 26.3 Å². The zero-order valence-electron chi connectivity index (χ0n) is 14.0. The maximum absolute atomic E-state index is 12.1. The highest BCUT2D eigenvalue weighted by molar-refractivity contribution is 6.30. The fourth-order valence-corrected chi connectivity index (χ4v) is 2.11. The lowest BCUT2D eigenvalue weighted by Crippen LogP contribution is -2.27. The molecular formula is C19H21ClN2O2. The molecule has 0 aromatic heterocycles. The van der Waals surface area contributed by atoms with Crippen molar-refractivity contribution in [2.24, 2.45) is 5.41 Å². The standard InChI is InChI=1S/C19H21ClN2O2/c1-19(2,3)18(24)22-16-6-4-5-15(12-16)21-17(23)11-13-7-9-14(20)10-8-13/h4-10,12H,11H2,1-3H3,(H,21,23)(H,22,24). The van der Waals surface area contributed by atoms with Crippen molar-refractivity contribution in [1.29, 1.82) is 0 Å². The van der Waals surface area contributed by atoms with E-state index in [0.717, 1.165) is 5.56 Å². The van der Waals surface area contributed by atoms with Crippen molar-refractivity contribution >= 4 is 34.8 Å². The summed E-state index contributed by atoms with van der Waals surface area (Å²) in [4.78, 5) is 24.2. The molecule has 4 nitrogen and oxygen atoms in total. The van der Waals surface area contributed by atoms with Crippen LogP contribution in [-0.2, 0) is 16.0 Å². The number of benzene rings is 2. The monoisotopic (exact) mass is 344 g/mol. The number of carbonyl (C=O) groups excluding carboxylic acids is 2. The molecule has 5 heteroatoms. The van der Waals surface area contributed by atoms with Crippen molar-refractivity contribution in [3.63, 3.8) is 0 Å². The van der Waals surface area contributed by atoms with Crippen LogP contribution in [0.4, 0.5) is 11.4 Å². The summed E-state index contributed by atoms with van der Waals surface area (Å²) >= 11 is 5.83. The minimum atomic E-state index is -0.478. The summed E-state index contributed by atoms with van der Waals surface area (Å²) in [7, 11) is 0. The van der Waals surface area contributed by atoms with Gasteiger partial charge in [-0.25, -0.2) is 0 Å². The average Bonchev–Trinajstić information content (AvgIpc) is 2.49. The van der Waals surface area contributed by atoms with Crippen LogP contribution in [0.15, 0.2) is 48.5 Å². The molecule has 126 valence electrons. The van der Waals surface area contributed by atoms with E-state index in [2.05, 4.69) is 10.6 Å². The van der Waals surface area contributed by atoms with Crippen LogP contribution >= 0.6 is 11.6 Å². The van der Waals surface area contributed by atoms with Gasteiger partial charge in [0.1, 0.15) is 0 Å². The summed E-state index contributed by atoms with van der Waals surface area (Å²) in [5.41, 5.74) is 1.70. The van der Waals surface area contributed by atoms with Gasteiger partial charge < -0.3 is 10.6 Å². The van der Waals surface area contributed by atoms with Crippen molar-refractivity contribution in [1.82, 2.24) is 0 Å². The summed E-state index contributed by atoms with van der Waals surface area (Å²) in [6.45, 7) is 5.54. The number of amides is 2. The molecule has 0 aliphatic carbocycles. The van der Waals surface area contributed by atoms with Crippen LogP contribution in [0.25, 0.3) is 0 Å². The lowest BCUT2D eigenvalue weighted by molar-refractivity contribution is -0.123. The van der Waals surface area contributed by atoms with Crippen LogP contribution in [0, 0.1) is 5.41 Å². The van der Waals surface area contributed by atoms with Crippen molar-refractivity contribution in [3.05, 3.63) is 59.1 Å². The van der Waals surface area contributed by atoms with Gasteiger partial charge in [0.25, 0.3) is 0 Å². The molecule has 0 aliphatic rings. The van der Waals surface area contributed by atoms with Gasteiger partial charge in [0, 0.05) is 21.8 Å². The molecule has 2 amide bonds. The highest BCUT2D eigenvalue weighted by Crippen LogP contribution is 2.20. The molecule has 0 saturated heterocycles. The summed E-state index contributed by atoms with van der Waals surface area (Å²) in [5, 5.41) is 6.32. The Morgan fingerprint density at radius 1 is 0.958 bits per heavy atom. The third-order valence-electron chi connectivity index (χ3n) is 3.36. The SMILES string of the molecule is CC(C)(C)C(=O)Nc1cccc(NC(=O)Cc2ccc(Cl)cc2)c1. The normalized spacial score (nSPS) is 11.0. The van der Waals surface area contributed by atoms with Crippen LogP contribution in [0.2, 0.25) is 5.02 Å². The van der Waals surface area contributed by atoms with E-state index >= 15 is 0 Å².